The van der Waals surface area contributed by atoms with Crippen molar-refractivity contribution in [1.82, 2.24) is 29.0 Å². The highest BCUT2D eigenvalue weighted by atomic mass is 16.2. The molecule has 0 spiro atoms. The van der Waals surface area contributed by atoms with E-state index in [-0.39, 0.29) is 29.2 Å². The SMILES string of the molecule is CCCn1c(=O)n(C2CC2)c(=O)c2[nH]c(-c3ccc(N(C)C4CC(=O)N(C)C4)nc3)nc21. The van der Waals surface area contributed by atoms with Crippen LogP contribution in [-0.2, 0) is 11.3 Å². The van der Waals surface area contributed by atoms with Crippen molar-refractivity contribution < 1.29 is 4.79 Å². The summed E-state index contributed by atoms with van der Waals surface area (Å²) >= 11 is 0. The van der Waals surface area contributed by atoms with Gasteiger partial charge < -0.3 is 14.8 Å². The Morgan fingerprint density at radius 2 is 2.00 bits per heavy atom. The number of nitrogens with zero attached hydrogens (tertiary/aromatic N) is 6. The van der Waals surface area contributed by atoms with Gasteiger partial charge in [-0.2, -0.15) is 0 Å². The maximum atomic E-state index is 13.0. The predicted octanol–water partition coefficient (Wildman–Crippen LogP) is 1.36. The molecule has 4 heterocycles. The summed E-state index contributed by atoms with van der Waals surface area (Å²) in [5, 5.41) is 0. The summed E-state index contributed by atoms with van der Waals surface area (Å²) in [6.45, 7) is 3.17. The van der Waals surface area contributed by atoms with Gasteiger partial charge in [-0.3, -0.25) is 18.7 Å². The number of fused-ring (bicyclic) bond motifs is 1. The molecule has 0 aromatic carbocycles. The molecule has 3 aromatic rings. The summed E-state index contributed by atoms with van der Waals surface area (Å²) in [5.74, 6) is 1.40. The van der Waals surface area contributed by atoms with Crippen molar-refractivity contribution in [1.29, 1.82) is 0 Å². The number of imidazole rings is 1. The third-order valence-corrected chi connectivity index (χ3v) is 6.42. The molecular formula is C22H27N7O3. The average molecular weight is 438 g/mol. The molecule has 2 fully saturated rings. The summed E-state index contributed by atoms with van der Waals surface area (Å²) in [4.78, 5) is 53.8. The number of hydrogen-bond donors (Lipinski definition) is 1. The molecule has 1 unspecified atom stereocenters. The molecule has 10 heteroatoms. The number of aromatic nitrogens is 5. The summed E-state index contributed by atoms with van der Waals surface area (Å²) in [5.41, 5.74) is 0.885. The van der Waals surface area contributed by atoms with Crippen molar-refractivity contribution in [2.75, 3.05) is 25.5 Å². The Morgan fingerprint density at radius 1 is 1.22 bits per heavy atom. The lowest BCUT2D eigenvalue weighted by Gasteiger charge is -2.24. The van der Waals surface area contributed by atoms with Crippen LogP contribution in [0.5, 0.6) is 0 Å². The fourth-order valence-electron chi connectivity index (χ4n) is 4.37. The number of likely N-dealkylation sites (N-methyl/N-ethyl adjacent to an activating group) is 2. The monoisotopic (exact) mass is 437 g/mol. The van der Waals surface area contributed by atoms with E-state index >= 15 is 0 Å². The second kappa shape index (κ2) is 7.61. The first kappa shape index (κ1) is 20.5. The molecule has 32 heavy (non-hydrogen) atoms. The average Bonchev–Trinajstić information content (AvgIpc) is 3.42. The zero-order valence-electron chi connectivity index (χ0n) is 18.5. The number of hydrogen-bond acceptors (Lipinski definition) is 6. The Labute approximate surface area is 184 Å². The van der Waals surface area contributed by atoms with Crippen LogP contribution in [0.1, 0.15) is 38.6 Å². The molecular weight excluding hydrogens is 410 g/mol. The largest absolute Gasteiger partial charge is 0.354 e. The number of carbonyl (C=O) groups is 1. The van der Waals surface area contributed by atoms with Crippen LogP contribution in [0.3, 0.4) is 0 Å². The predicted molar refractivity (Wildman–Crippen MR) is 121 cm³/mol. The van der Waals surface area contributed by atoms with Crippen LogP contribution in [0.25, 0.3) is 22.6 Å². The second-order valence-corrected chi connectivity index (χ2v) is 8.77. The number of rotatable bonds is 6. The number of anilines is 1. The zero-order chi connectivity index (χ0) is 22.6. The number of likely N-dealkylation sites (tertiary alicyclic amines) is 1. The van der Waals surface area contributed by atoms with Crippen molar-refractivity contribution in [2.45, 2.75) is 51.2 Å². The van der Waals surface area contributed by atoms with Crippen molar-refractivity contribution in [3.05, 3.63) is 39.2 Å². The molecule has 1 saturated heterocycles. The van der Waals surface area contributed by atoms with Gasteiger partial charge in [0.2, 0.25) is 5.91 Å². The molecule has 10 nitrogen and oxygen atoms in total. The van der Waals surface area contributed by atoms with E-state index < -0.39 is 0 Å². The number of carbonyl (C=O) groups excluding carboxylic acids is 1. The molecule has 0 bridgehead atoms. The van der Waals surface area contributed by atoms with E-state index in [0.717, 1.165) is 30.6 Å². The van der Waals surface area contributed by atoms with Crippen LogP contribution in [-0.4, -0.2) is 61.6 Å². The van der Waals surface area contributed by atoms with E-state index in [1.165, 1.54) is 4.57 Å². The van der Waals surface area contributed by atoms with E-state index in [2.05, 4.69) is 15.0 Å². The molecule has 0 radical (unpaired) electrons. The first-order valence-corrected chi connectivity index (χ1v) is 11.1. The van der Waals surface area contributed by atoms with Crippen LogP contribution >= 0.6 is 0 Å². The van der Waals surface area contributed by atoms with Gasteiger partial charge in [0.15, 0.2) is 5.65 Å². The van der Waals surface area contributed by atoms with Gasteiger partial charge in [-0.15, -0.1) is 0 Å². The third-order valence-electron chi connectivity index (χ3n) is 6.42. The van der Waals surface area contributed by atoms with Crippen LogP contribution in [0.15, 0.2) is 27.9 Å². The quantitative estimate of drug-likeness (QED) is 0.624. The minimum atomic E-state index is -0.307. The van der Waals surface area contributed by atoms with Gasteiger partial charge in [0.05, 0.1) is 6.04 Å². The van der Waals surface area contributed by atoms with E-state index in [1.54, 1.807) is 15.7 Å². The molecule has 5 rings (SSSR count). The van der Waals surface area contributed by atoms with E-state index in [4.69, 9.17) is 0 Å². The van der Waals surface area contributed by atoms with E-state index in [1.807, 2.05) is 38.1 Å². The summed E-state index contributed by atoms with van der Waals surface area (Å²) in [6, 6.07) is 3.85. The van der Waals surface area contributed by atoms with Crippen LogP contribution < -0.4 is 16.1 Å². The molecule has 168 valence electrons. The maximum absolute atomic E-state index is 13.0. The van der Waals surface area contributed by atoms with Crippen LogP contribution in [0.2, 0.25) is 0 Å². The summed E-state index contributed by atoms with van der Waals surface area (Å²) in [6.07, 6.45) is 4.65. The van der Waals surface area contributed by atoms with Gasteiger partial charge >= 0.3 is 5.69 Å². The topological polar surface area (TPSA) is 109 Å². The second-order valence-electron chi connectivity index (χ2n) is 8.77. The summed E-state index contributed by atoms with van der Waals surface area (Å²) < 4.78 is 2.97. The molecule has 1 atom stereocenters. The van der Waals surface area contributed by atoms with Gasteiger partial charge in [0, 0.05) is 51.4 Å². The van der Waals surface area contributed by atoms with Gasteiger partial charge in [0.25, 0.3) is 5.56 Å². The number of nitrogens with one attached hydrogen (secondary N) is 1. The lowest BCUT2D eigenvalue weighted by molar-refractivity contribution is -0.126. The Balaban J connectivity index is 1.50. The normalized spacial score (nSPS) is 18.7. The molecule has 3 aromatic heterocycles. The minimum absolute atomic E-state index is 0.00717. The number of H-pyrrole nitrogens is 1. The van der Waals surface area contributed by atoms with Crippen LogP contribution in [0, 0.1) is 0 Å². The lowest BCUT2D eigenvalue weighted by atomic mass is 10.2. The third kappa shape index (κ3) is 3.30. The van der Waals surface area contributed by atoms with Gasteiger partial charge in [-0.25, -0.2) is 14.8 Å². The number of amides is 1. The van der Waals surface area contributed by atoms with Gasteiger partial charge in [-0.1, -0.05) is 6.92 Å². The standard InChI is InChI=1S/C22H27N7O3/c1-4-9-28-20-18(21(31)29(22(28)32)14-6-7-14)24-19(25-20)13-5-8-16(23-11-13)27(3)15-10-17(30)26(2)12-15/h5,8,11,14-15H,4,6-7,9-10,12H2,1-3H3,(H,24,25). The maximum Gasteiger partial charge on any atom is 0.333 e. The lowest BCUT2D eigenvalue weighted by Crippen LogP contribution is -2.39. The first-order valence-electron chi connectivity index (χ1n) is 11.1. The van der Waals surface area contributed by atoms with Crippen LogP contribution in [0.4, 0.5) is 5.82 Å². The molecule has 2 aliphatic rings. The van der Waals surface area contributed by atoms with Crippen molar-refractivity contribution in [3.63, 3.8) is 0 Å². The Hall–Kier alpha value is -3.43. The number of aryl methyl sites for hydroxylation is 1. The zero-order valence-corrected chi connectivity index (χ0v) is 18.5. The Kier molecular flexibility index (Phi) is 4.87. The first-order chi connectivity index (χ1) is 15.4. The molecule has 1 saturated carbocycles. The Morgan fingerprint density at radius 3 is 2.59 bits per heavy atom. The Bertz CT molecular complexity index is 1300. The highest BCUT2D eigenvalue weighted by Gasteiger charge is 2.31. The van der Waals surface area contributed by atoms with E-state index in [9.17, 15) is 14.4 Å². The summed E-state index contributed by atoms with van der Waals surface area (Å²) in [7, 11) is 3.74. The molecule has 1 aliphatic carbocycles. The van der Waals surface area contributed by atoms with Gasteiger partial charge in [-0.05, 0) is 31.4 Å². The van der Waals surface area contributed by atoms with Crippen molar-refractivity contribution >= 4 is 22.9 Å². The van der Waals surface area contributed by atoms with Gasteiger partial charge in [0.1, 0.15) is 17.2 Å². The highest BCUT2D eigenvalue weighted by molar-refractivity contribution is 5.80. The number of aromatic amines is 1. The molecule has 1 N–H and O–H groups in total. The number of pyridine rings is 1. The van der Waals surface area contributed by atoms with Crippen molar-refractivity contribution in [2.24, 2.45) is 0 Å². The fourth-order valence-corrected chi connectivity index (χ4v) is 4.37. The van der Waals surface area contributed by atoms with Crippen molar-refractivity contribution in [3.8, 4) is 11.4 Å². The van der Waals surface area contributed by atoms with E-state index in [0.29, 0.717) is 36.5 Å². The highest BCUT2D eigenvalue weighted by Crippen LogP contribution is 2.32. The minimum Gasteiger partial charge on any atom is -0.354 e. The molecule has 1 aliphatic heterocycles. The smallest absolute Gasteiger partial charge is 0.333 e. The molecule has 1 amide bonds. The fraction of sp³-hybridized carbons (Fsp3) is 0.500.